The molecule has 39 heavy (non-hydrogen) atoms. The highest BCUT2D eigenvalue weighted by molar-refractivity contribution is 5.93. The van der Waals surface area contributed by atoms with Gasteiger partial charge in [0.05, 0.1) is 6.33 Å². The van der Waals surface area contributed by atoms with Crippen LogP contribution in [0, 0.1) is 0 Å². The first-order valence-corrected chi connectivity index (χ1v) is 12.4. The molecule has 0 atom stereocenters. The van der Waals surface area contributed by atoms with Crippen molar-refractivity contribution in [1.82, 2.24) is 24.4 Å². The number of hydrogen-bond acceptors (Lipinski definition) is 9. The molecule has 208 valence electrons. The second-order valence-corrected chi connectivity index (χ2v) is 9.71. The Labute approximate surface area is 225 Å². The molecule has 0 bridgehead atoms. The summed E-state index contributed by atoms with van der Waals surface area (Å²) in [6.45, 7) is 4.83. The van der Waals surface area contributed by atoms with E-state index in [4.69, 9.17) is 9.47 Å². The van der Waals surface area contributed by atoms with Crippen molar-refractivity contribution >= 4 is 40.9 Å². The number of aliphatic carboxylic acids is 1. The average molecular weight is 541 g/mol. The minimum atomic E-state index is -1.16. The van der Waals surface area contributed by atoms with Crippen molar-refractivity contribution in [2.75, 3.05) is 18.4 Å². The number of hydrogen-bond donors (Lipinski definition) is 2. The minimum Gasteiger partial charge on any atom is -0.480 e. The summed E-state index contributed by atoms with van der Waals surface area (Å²) in [4.78, 5) is 62.1. The van der Waals surface area contributed by atoms with E-state index in [0.717, 1.165) is 5.56 Å². The van der Waals surface area contributed by atoms with Gasteiger partial charge in [-0.05, 0) is 39.2 Å². The van der Waals surface area contributed by atoms with Crippen LogP contribution < -0.4 is 5.32 Å². The lowest BCUT2D eigenvalue weighted by Crippen LogP contribution is -2.38. The van der Waals surface area contributed by atoms with Crippen molar-refractivity contribution in [3.05, 3.63) is 48.5 Å². The van der Waals surface area contributed by atoms with Gasteiger partial charge in [-0.25, -0.2) is 19.7 Å². The van der Waals surface area contributed by atoms with Crippen molar-refractivity contribution in [1.29, 1.82) is 0 Å². The predicted molar refractivity (Wildman–Crippen MR) is 139 cm³/mol. The Balaban J connectivity index is 1.60. The lowest BCUT2D eigenvalue weighted by atomic mass is 10.2. The van der Waals surface area contributed by atoms with Gasteiger partial charge in [-0.1, -0.05) is 30.3 Å². The number of anilines is 1. The first kappa shape index (κ1) is 29.0. The Morgan fingerprint density at radius 1 is 1.05 bits per heavy atom. The SMILES string of the molecule is CC(C)(C)OC(=O)CCCCN(CC(=O)O)C(=O)Cn1cnc2c(NC(=O)OCc3ccccc3)ncnc21. The van der Waals surface area contributed by atoms with E-state index in [1.54, 1.807) is 20.8 Å². The van der Waals surface area contributed by atoms with Crippen LogP contribution >= 0.6 is 0 Å². The summed E-state index contributed by atoms with van der Waals surface area (Å²) < 4.78 is 11.9. The number of benzene rings is 1. The number of esters is 1. The van der Waals surface area contributed by atoms with Gasteiger partial charge in [-0.15, -0.1) is 0 Å². The molecule has 2 heterocycles. The summed E-state index contributed by atoms with van der Waals surface area (Å²) in [5.41, 5.74) is 0.747. The highest BCUT2D eigenvalue weighted by Crippen LogP contribution is 2.18. The van der Waals surface area contributed by atoms with Crippen molar-refractivity contribution in [3.63, 3.8) is 0 Å². The minimum absolute atomic E-state index is 0.0705. The normalized spacial score (nSPS) is 11.2. The summed E-state index contributed by atoms with van der Waals surface area (Å²) >= 11 is 0. The number of carboxylic acids is 1. The van der Waals surface area contributed by atoms with Crippen molar-refractivity contribution in [2.24, 2.45) is 0 Å². The molecule has 13 nitrogen and oxygen atoms in total. The molecule has 2 N–H and O–H groups in total. The van der Waals surface area contributed by atoms with Gasteiger partial charge in [0.1, 0.15) is 31.6 Å². The summed E-state index contributed by atoms with van der Waals surface area (Å²) in [5.74, 6) is -1.87. The molecule has 3 aromatic rings. The highest BCUT2D eigenvalue weighted by Gasteiger charge is 2.21. The monoisotopic (exact) mass is 540 g/mol. The first-order chi connectivity index (χ1) is 18.5. The predicted octanol–water partition coefficient (Wildman–Crippen LogP) is 3.00. The van der Waals surface area contributed by atoms with Crippen LogP contribution in [-0.4, -0.2) is 72.2 Å². The molecule has 0 unspecified atom stereocenters. The van der Waals surface area contributed by atoms with Crippen LogP contribution in [0.5, 0.6) is 0 Å². The van der Waals surface area contributed by atoms with E-state index in [2.05, 4.69) is 20.3 Å². The van der Waals surface area contributed by atoms with Gasteiger partial charge in [0.15, 0.2) is 17.0 Å². The van der Waals surface area contributed by atoms with Crippen LogP contribution in [0.2, 0.25) is 0 Å². The molecule has 0 aliphatic carbocycles. The molecular formula is C26H32N6O7. The van der Waals surface area contributed by atoms with E-state index in [-0.39, 0.29) is 49.1 Å². The Bertz CT molecular complexity index is 1300. The van der Waals surface area contributed by atoms with Gasteiger partial charge in [-0.3, -0.25) is 19.7 Å². The molecule has 0 saturated carbocycles. The number of amides is 2. The number of aromatic nitrogens is 4. The maximum absolute atomic E-state index is 13.0. The van der Waals surface area contributed by atoms with Crippen LogP contribution in [0.15, 0.2) is 43.0 Å². The molecule has 0 fully saturated rings. The first-order valence-electron chi connectivity index (χ1n) is 12.4. The zero-order valence-electron chi connectivity index (χ0n) is 22.1. The number of fused-ring (bicyclic) bond motifs is 1. The second kappa shape index (κ2) is 13.3. The quantitative estimate of drug-likeness (QED) is 0.257. The number of ether oxygens (including phenoxy) is 2. The number of carboxylic acid groups (broad SMARTS) is 1. The molecule has 3 rings (SSSR count). The van der Waals surface area contributed by atoms with E-state index < -0.39 is 30.1 Å². The van der Waals surface area contributed by atoms with Gasteiger partial charge >= 0.3 is 18.0 Å². The highest BCUT2D eigenvalue weighted by atomic mass is 16.6. The van der Waals surface area contributed by atoms with Gasteiger partial charge in [0.25, 0.3) is 0 Å². The molecule has 0 saturated heterocycles. The van der Waals surface area contributed by atoms with Crippen LogP contribution in [-0.2, 0) is 37.0 Å². The fourth-order valence-electron chi connectivity index (χ4n) is 3.61. The fraction of sp³-hybridized carbons (Fsp3) is 0.423. The number of rotatable bonds is 12. The van der Waals surface area contributed by atoms with Crippen molar-refractivity contribution in [2.45, 2.75) is 58.8 Å². The number of carbonyl (C=O) groups excluding carboxylic acids is 3. The number of carbonyl (C=O) groups is 4. The summed E-state index contributed by atoms with van der Waals surface area (Å²) in [5, 5.41) is 11.8. The summed E-state index contributed by atoms with van der Waals surface area (Å²) in [6.07, 6.45) is 2.87. The fourth-order valence-corrected chi connectivity index (χ4v) is 3.61. The Morgan fingerprint density at radius 3 is 2.49 bits per heavy atom. The molecule has 2 amide bonds. The third kappa shape index (κ3) is 9.36. The lowest BCUT2D eigenvalue weighted by molar-refractivity contribution is -0.155. The maximum atomic E-state index is 13.0. The number of unbranched alkanes of at least 4 members (excludes halogenated alkanes) is 1. The largest absolute Gasteiger partial charge is 0.480 e. The average Bonchev–Trinajstić information content (AvgIpc) is 3.27. The number of nitrogens with one attached hydrogen (secondary N) is 1. The van der Waals surface area contributed by atoms with Gasteiger partial charge in [0, 0.05) is 13.0 Å². The van der Waals surface area contributed by atoms with Crippen LogP contribution in [0.3, 0.4) is 0 Å². The van der Waals surface area contributed by atoms with Crippen molar-refractivity contribution in [3.8, 4) is 0 Å². The Kier molecular flexibility index (Phi) is 9.90. The lowest BCUT2D eigenvalue weighted by Gasteiger charge is -2.22. The molecule has 0 aliphatic heterocycles. The van der Waals surface area contributed by atoms with E-state index in [1.165, 1.54) is 22.1 Å². The third-order valence-electron chi connectivity index (χ3n) is 5.30. The molecular weight excluding hydrogens is 508 g/mol. The third-order valence-corrected chi connectivity index (χ3v) is 5.30. The van der Waals surface area contributed by atoms with Gasteiger partial charge < -0.3 is 24.0 Å². The van der Waals surface area contributed by atoms with Gasteiger partial charge in [0.2, 0.25) is 5.91 Å². The van der Waals surface area contributed by atoms with Crippen molar-refractivity contribution < 1.29 is 33.8 Å². The summed E-state index contributed by atoms with van der Waals surface area (Å²) in [7, 11) is 0. The van der Waals surface area contributed by atoms with E-state index in [1.807, 2.05) is 30.3 Å². The molecule has 2 aromatic heterocycles. The molecule has 0 aliphatic rings. The topological polar surface area (TPSA) is 166 Å². The Hall–Kier alpha value is -4.55. The van der Waals surface area contributed by atoms with Gasteiger partial charge in [-0.2, -0.15) is 0 Å². The van der Waals surface area contributed by atoms with E-state index in [0.29, 0.717) is 12.8 Å². The Morgan fingerprint density at radius 2 is 1.79 bits per heavy atom. The standard InChI is InChI=1S/C26H32N6O7/c1-26(2,3)39-21(36)11-7-8-12-31(14-20(34)35)19(33)13-32-17-29-22-23(27-16-28-24(22)32)30-25(37)38-15-18-9-5-4-6-10-18/h4-6,9-10,16-17H,7-8,11-15H2,1-3H3,(H,34,35)(H,27,28,30,37). The number of imidazole rings is 1. The molecule has 1 aromatic carbocycles. The maximum Gasteiger partial charge on any atom is 0.413 e. The van der Waals surface area contributed by atoms with Crippen LogP contribution in [0.25, 0.3) is 11.2 Å². The summed E-state index contributed by atoms with van der Waals surface area (Å²) in [6, 6.07) is 9.17. The zero-order chi connectivity index (χ0) is 28.4. The van der Waals surface area contributed by atoms with Crippen LogP contribution in [0.1, 0.15) is 45.6 Å². The smallest absolute Gasteiger partial charge is 0.413 e. The van der Waals surface area contributed by atoms with E-state index >= 15 is 0 Å². The molecule has 0 spiro atoms. The van der Waals surface area contributed by atoms with E-state index in [9.17, 15) is 24.3 Å². The molecule has 0 radical (unpaired) electrons. The molecule has 13 heteroatoms. The number of nitrogens with zero attached hydrogens (tertiary/aromatic N) is 5. The zero-order valence-corrected chi connectivity index (χ0v) is 22.1. The second-order valence-electron chi connectivity index (χ2n) is 9.71. The van der Waals surface area contributed by atoms with Crippen LogP contribution in [0.4, 0.5) is 10.6 Å².